The Kier molecular flexibility index (Phi) is 5.64. The third-order valence-electron chi connectivity index (χ3n) is 2.84. The van der Waals surface area contributed by atoms with Crippen LogP contribution in [-0.4, -0.2) is 24.8 Å². The van der Waals surface area contributed by atoms with Crippen LogP contribution in [0.15, 0.2) is 54.4 Å². The number of carbonyl (C=O) groups is 1. The van der Waals surface area contributed by atoms with Gasteiger partial charge in [-0.2, -0.15) is 0 Å². The fraction of sp³-hybridized carbons (Fsp3) is 0.118. The second kappa shape index (κ2) is 7.49. The van der Waals surface area contributed by atoms with Crippen molar-refractivity contribution in [2.75, 3.05) is 14.1 Å². The summed E-state index contributed by atoms with van der Waals surface area (Å²) in [7, 11) is 3.48. The summed E-state index contributed by atoms with van der Waals surface area (Å²) in [6, 6.07) is 10.6. The summed E-state index contributed by atoms with van der Waals surface area (Å²) in [5, 5.41) is 0.317. The van der Waals surface area contributed by atoms with Crippen molar-refractivity contribution in [2.45, 2.75) is 0 Å². The molecule has 2 aromatic rings. The van der Waals surface area contributed by atoms with E-state index in [1.54, 1.807) is 43.3 Å². The third-order valence-corrected chi connectivity index (χ3v) is 3.47. The van der Waals surface area contributed by atoms with Crippen molar-refractivity contribution in [1.29, 1.82) is 0 Å². The molecule has 0 unspecified atom stereocenters. The van der Waals surface area contributed by atoms with Crippen molar-refractivity contribution in [3.05, 3.63) is 75.8 Å². The lowest BCUT2D eigenvalue weighted by atomic mass is 10.1. The van der Waals surface area contributed by atoms with Crippen LogP contribution in [0.25, 0.3) is 0 Å². The first-order valence-corrected chi connectivity index (χ1v) is 7.44. The maximum absolute atomic E-state index is 13.6. The number of benzene rings is 2. The molecule has 0 radical (unpaired) electrons. The van der Waals surface area contributed by atoms with Crippen molar-refractivity contribution in [2.24, 2.45) is 0 Å². The highest BCUT2D eigenvalue weighted by Crippen LogP contribution is 2.25. The lowest BCUT2D eigenvalue weighted by molar-refractivity contribution is 0.0982. The molecule has 0 aromatic heterocycles. The molecule has 0 heterocycles. The van der Waals surface area contributed by atoms with Crippen molar-refractivity contribution in [3.63, 3.8) is 0 Å². The number of hydrogen-bond donors (Lipinski definition) is 0. The number of halogens is 3. The van der Waals surface area contributed by atoms with Gasteiger partial charge in [-0.05, 0) is 36.4 Å². The van der Waals surface area contributed by atoms with E-state index in [-0.39, 0.29) is 16.3 Å². The Labute approximate surface area is 143 Å². The fourth-order valence-electron chi connectivity index (χ4n) is 1.81. The van der Waals surface area contributed by atoms with E-state index < -0.39 is 11.6 Å². The number of allylic oxidation sites excluding steroid dienone is 1. The summed E-state index contributed by atoms with van der Waals surface area (Å²) in [6.45, 7) is 0. The van der Waals surface area contributed by atoms with Gasteiger partial charge in [0.2, 0.25) is 5.78 Å². The lowest BCUT2D eigenvalue weighted by Gasteiger charge is -2.13. The monoisotopic (exact) mass is 353 g/mol. The van der Waals surface area contributed by atoms with Crippen LogP contribution in [0.4, 0.5) is 4.39 Å². The maximum atomic E-state index is 13.6. The van der Waals surface area contributed by atoms with Crippen LogP contribution in [-0.2, 0) is 0 Å². The third kappa shape index (κ3) is 4.47. The minimum Gasteiger partial charge on any atom is -0.452 e. The highest BCUT2D eigenvalue weighted by atomic mass is 35.5. The summed E-state index contributed by atoms with van der Waals surface area (Å²) in [4.78, 5) is 14.3. The molecule has 0 aliphatic rings. The topological polar surface area (TPSA) is 29.5 Å². The Bertz CT molecular complexity index is 743. The van der Waals surface area contributed by atoms with Gasteiger partial charge in [-0.3, -0.25) is 4.79 Å². The minimum absolute atomic E-state index is 0.0184. The Balaban J connectivity index is 2.37. The molecule has 6 heteroatoms. The van der Waals surface area contributed by atoms with Crippen molar-refractivity contribution in [1.82, 2.24) is 4.90 Å². The van der Waals surface area contributed by atoms with E-state index in [1.807, 2.05) is 0 Å². The molecule has 0 aliphatic carbocycles. The van der Waals surface area contributed by atoms with Crippen LogP contribution < -0.4 is 4.74 Å². The molecular weight excluding hydrogens is 340 g/mol. The van der Waals surface area contributed by atoms with E-state index >= 15 is 0 Å². The molecule has 0 aliphatic heterocycles. The maximum Gasteiger partial charge on any atom is 0.231 e. The van der Waals surface area contributed by atoms with Gasteiger partial charge < -0.3 is 9.64 Å². The van der Waals surface area contributed by atoms with E-state index in [4.69, 9.17) is 27.9 Å². The quantitative estimate of drug-likeness (QED) is 0.439. The Hall–Kier alpha value is -2.04. The second-order valence-electron chi connectivity index (χ2n) is 4.94. The van der Waals surface area contributed by atoms with Gasteiger partial charge in [0.05, 0.1) is 5.02 Å². The summed E-state index contributed by atoms with van der Waals surface area (Å²) >= 11 is 11.7. The first-order chi connectivity index (χ1) is 10.9. The van der Waals surface area contributed by atoms with Crippen LogP contribution >= 0.6 is 23.2 Å². The van der Waals surface area contributed by atoms with Gasteiger partial charge in [0.25, 0.3) is 0 Å². The number of carbonyl (C=O) groups excluding carboxylic acids is 1. The molecule has 2 aromatic carbocycles. The molecule has 0 bridgehead atoms. The SMILES string of the molecule is CN(C)/C=C(/Oc1ccc(Cl)cc1)C(=O)c1cccc(F)c1Cl. The predicted octanol–water partition coefficient (Wildman–Crippen LogP) is 4.80. The molecular formula is C17H14Cl2FNO2. The Morgan fingerprint density at radius 2 is 1.78 bits per heavy atom. The average Bonchev–Trinajstić information content (AvgIpc) is 2.50. The van der Waals surface area contributed by atoms with Crippen LogP contribution in [0.1, 0.15) is 10.4 Å². The van der Waals surface area contributed by atoms with Gasteiger partial charge in [-0.15, -0.1) is 0 Å². The minimum atomic E-state index is -0.659. The molecule has 0 fully saturated rings. The molecule has 0 saturated carbocycles. The molecule has 120 valence electrons. The standard InChI is InChI=1S/C17H14Cl2FNO2/c1-21(2)10-15(23-12-8-6-11(18)7-9-12)17(22)13-4-3-5-14(20)16(13)19/h3-10H,1-2H3/b15-10+. The number of Topliss-reactive ketones (excluding diaryl/α,β-unsaturated/α-hetero) is 1. The zero-order chi connectivity index (χ0) is 17.0. The molecule has 23 heavy (non-hydrogen) atoms. The van der Waals surface area contributed by atoms with E-state index in [2.05, 4.69) is 0 Å². The summed E-state index contributed by atoms with van der Waals surface area (Å²) in [6.07, 6.45) is 1.50. The van der Waals surface area contributed by atoms with E-state index in [0.29, 0.717) is 10.8 Å². The van der Waals surface area contributed by atoms with E-state index in [1.165, 1.54) is 24.4 Å². The first kappa shape index (κ1) is 17.3. The van der Waals surface area contributed by atoms with Crippen molar-refractivity contribution < 1.29 is 13.9 Å². The Morgan fingerprint density at radius 3 is 2.39 bits per heavy atom. The number of ether oxygens (including phenoxy) is 1. The van der Waals surface area contributed by atoms with Gasteiger partial charge in [0, 0.05) is 30.9 Å². The van der Waals surface area contributed by atoms with Crippen LogP contribution in [0.2, 0.25) is 10.0 Å². The van der Waals surface area contributed by atoms with Crippen molar-refractivity contribution >= 4 is 29.0 Å². The van der Waals surface area contributed by atoms with Crippen LogP contribution in [0, 0.1) is 5.82 Å². The van der Waals surface area contributed by atoms with Gasteiger partial charge in [0.15, 0.2) is 5.76 Å². The van der Waals surface area contributed by atoms with Gasteiger partial charge in [0.1, 0.15) is 11.6 Å². The molecule has 2 rings (SSSR count). The molecule has 0 atom stereocenters. The summed E-state index contributed by atoms with van der Waals surface area (Å²) in [5.41, 5.74) is 0.0359. The molecule has 0 N–H and O–H groups in total. The lowest BCUT2D eigenvalue weighted by Crippen LogP contribution is -2.15. The number of hydrogen-bond acceptors (Lipinski definition) is 3. The largest absolute Gasteiger partial charge is 0.452 e. The fourth-order valence-corrected chi connectivity index (χ4v) is 2.15. The van der Waals surface area contributed by atoms with E-state index in [0.717, 1.165) is 0 Å². The summed E-state index contributed by atoms with van der Waals surface area (Å²) in [5.74, 6) is -0.723. The smallest absolute Gasteiger partial charge is 0.231 e. The molecule has 3 nitrogen and oxygen atoms in total. The average molecular weight is 354 g/mol. The van der Waals surface area contributed by atoms with Gasteiger partial charge in [-0.25, -0.2) is 4.39 Å². The van der Waals surface area contributed by atoms with Gasteiger partial charge in [-0.1, -0.05) is 29.3 Å². The normalized spacial score (nSPS) is 11.3. The molecule has 0 spiro atoms. The molecule has 0 saturated heterocycles. The van der Waals surface area contributed by atoms with E-state index in [9.17, 15) is 9.18 Å². The number of rotatable bonds is 5. The van der Waals surface area contributed by atoms with Crippen LogP contribution in [0.3, 0.4) is 0 Å². The van der Waals surface area contributed by atoms with Gasteiger partial charge >= 0.3 is 0 Å². The second-order valence-corrected chi connectivity index (χ2v) is 5.76. The highest BCUT2D eigenvalue weighted by molar-refractivity contribution is 6.35. The molecule has 0 amide bonds. The van der Waals surface area contributed by atoms with Crippen LogP contribution in [0.5, 0.6) is 5.75 Å². The predicted molar refractivity (Wildman–Crippen MR) is 89.6 cm³/mol. The summed E-state index contributed by atoms with van der Waals surface area (Å²) < 4.78 is 19.2. The zero-order valence-corrected chi connectivity index (χ0v) is 14.0. The van der Waals surface area contributed by atoms with Crippen molar-refractivity contribution in [3.8, 4) is 5.75 Å². The number of ketones is 1. The number of nitrogens with zero attached hydrogens (tertiary/aromatic N) is 1. The first-order valence-electron chi connectivity index (χ1n) is 6.69. The highest BCUT2D eigenvalue weighted by Gasteiger charge is 2.20. The zero-order valence-electron chi connectivity index (χ0n) is 12.5. The Morgan fingerprint density at radius 1 is 1.13 bits per heavy atom.